The highest BCUT2D eigenvalue weighted by Gasteiger charge is 1.96. The van der Waals surface area contributed by atoms with E-state index in [1.807, 2.05) is 36.4 Å². The fourth-order valence-electron chi connectivity index (χ4n) is 2.18. The van der Waals surface area contributed by atoms with E-state index >= 15 is 0 Å². The second-order valence-electron chi connectivity index (χ2n) is 6.43. The van der Waals surface area contributed by atoms with Crippen LogP contribution < -0.4 is 0 Å². The van der Waals surface area contributed by atoms with Crippen molar-refractivity contribution in [3.05, 3.63) is 89.5 Å². The molecule has 0 radical (unpaired) electrons. The minimum absolute atomic E-state index is 0.734. The van der Waals surface area contributed by atoms with Crippen LogP contribution in [-0.4, -0.2) is 0 Å². The molecule has 0 heteroatoms. The standard InChI is InChI=1S/C17H24.C6H6/c1-13(2)9-10-15(4)11-16(5)17-8-6-7-14(3)12-17;1-2-4-6-5-3-1/h6-8,10-13H,9H2,1-5H3;1-6H/b15-10-,16-11+;. The summed E-state index contributed by atoms with van der Waals surface area (Å²) in [6.45, 7) is 11.0. The molecular formula is C23H30. The maximum absolute atomic E-state index is 2.32. The molecule has 0 N–H and O–H groups in total. The molecule has 0 atom stereocenters. The maximum atomic E-state index is 2.32. The van der Waals surface area contributed by atoms with Gasteiger partial charge in [0, 0.05) is 0 Å². The van der Waals surface area contributed by atoms with Crippen molar-refractivity contribution in [2.45, 2.75) is 41.0 Å². The van der Waals surface area contributed by atoms with Crippen molar-refractivity contribution in [1.29, 1.82) is 0 Å². The Morgan fingerprint density at radius 2 is 1.48 bits per heavy atom. The van der Waals surface area contributed by atoms with Crippen molar-refractivity contribution >= 4 is 5.57 Å². The van der Waals surface area contributed by atoms with Crippen LogP contribution in [0, 0.1) is 12.8 Å². The van der Waals surface area contributed by atoms with Gasteiger partial charge in [-0.25, -0.2) is 0 Å². The van der Waals surface area contributed by atoms with Crippen molar-refractivity contribution in [1.82, 2.24) is 0 Å². The van der Waals surface area contributed by atoms with Crippen molar-refractivity contribution in [2.75, 3.05) is 0 Å². The van der Waals surface area contributed by atoms with E-state index in [1.165, 1.54) is 22.3 Å². The summed E-state index contributed by atoms with van der Waals surface area (Å²) in [4.78, 5) is 0. The third-order valence-corrected chi connectivity index (χ3v) is 3.50. The summed E-state index contributed by atoms with van der Waals surface area (Å²) < 4.78 is 0. The zero-order valence-corrected chi connectivity index (χ0v) is 15.2. The number of aryl methyl sites for hydroxylation is 1. The van der Waals surface area contributed by atoms with Crippen LogP contribution in [0.5, 0.6) is 0 Å². The molecule has 23 heavy (non-hydrogen) atoms. The molecule has 0 aliphatic rings. The highest BCUT2D eigenvalue weighted by atomic mass is 14.0. The average molecular weight is 306 g/mol. The fraction of sp³-hybridized carbons (Fsp3) is 0.304. The monoisotopic (exact) mass is 306 g/mol. The number of allylic oxidation sites excluding steroid dienone is 4. The van der Waals surface area contributed by atoms with Gasteiger partial charge in [0.05, 0.1) is 0 Å². The van der Waals surface area contributed by atoms with Gasteiger partial charge in [0.2, 0.25) is 0 Å². The van der Waals surface area contributed by atoms with Crippen LogP contribution in [0.3, 0.4) is 0 Å². The van der Waals surface area contributed by atoms with Gasteiger partial charge in [0.15, 0.2) is 0 Å². The van der Waals surface area contributed by atoms with Crippen LogP contribution in [0.4, 0.5) is 0 Å². The molecule has 0 spiro atoms. The lowest BCUT2D eigenvalue weighted by molar-refractivity contribution is 0.662. The molecule has 0 aliphatic heterocycles. The van der Waals surface area contributed by atoms with Gasteiger partial charge in [0.25, 0.3) is 0 Å². The number of rotatable bonds is 4. The van der Waals surface area contributed by atoms with Crippen LogP contribution >= 0.6 is 0 Å². The number of hydrogen-bond acceptors (Lipinski definition) is 0. The molecule has 0 amide bonds. The topological polar surface area (TPSA) is 0 Å². The third kappa shape index (κ3) is 8.83. The normalized spacial score (nSPS) is 11.9. The van der Waals surface area contributed by atoms with Gasteiger partial charge in [-0.2, -0.15) is 0 Å². The lowest BCUT2D eigenvalue weighted by Gasteiger charge is -2.04. The molecule has 0 heterocycles. The van der Waals surface area contributed by atoms with E-state index in [0.29, 0.717) is 0 Å². The largest absolute Gasteiger partial charge is 0.0813 e. The molecule has 0 fully saturated rings. The highest BCUT2D eigenvalue weighted by Crippen LogP contribution is 2.17. The Labute approximate surface area is 142 Å². The average Bonchev–Trinajstić information content (AvgIpc) is 2.55. The van der Waals surface area contributed by atoms with E-state index in [-0.39, 0.29) is 0 Å². The molecule has 0 unspecified atom stereocenters. The zero-order valence-electron chi connectivity index (χ0n) is 15.2. The van der Waals surface area contributed by atoms with Crippen LogP contribution in [0.25, 0.3) is 5.57 Å². The van der Waals surface area contributed by atoms with Crippen LogP contribution in [0.15, 0.2) is 78.4 Å². The first kappa shape index (κ1) is 19.0. The second-order valence-corrected chi connectivity index (χ2v) is 6.43. The van der Waals surface area contributed by atoms with E-state index in [0.717, 1.165) is 12.3 Å². The number of hydrogen-bond donors (Lipinski definition) is 0. The van der Waals surface area contributed by atoms with Crippen LogP contribution in [0.2, 0.25) is 0 Å². The van der Waals surface area contributed by atoms with E-state index < -0.39 is 0 Å². The minimum atomic E-state index is 0.734. The van der Waals surface area contributed by atoms with Crippen molar-refractivity contribution in [2.24, 2.45) is 5.92 Å². The molecule has 0 nitrogen and oxygen atoms in total. The van der Waals surface area contributed by atoms with Gasteiger partial charge in [0.1, 0.15) is 0 Å². The lowest BCUT2D eigenvalue weighted by Crippen LogP contribution is -1.85. The van der Waals surface area contributed by atoms with Gasteiger partial charge >= 0.3 is 0 Å². The Morgan fingerprint density at radius 3 is 1.96 bits per heavy atom. The number of benzene rings is 2. The Kier molecular flexibility index (Phi) is 8.75. The molecule has 0 aliphatic carbocycles. The molecule has 122 valence electrons. The van der Waals surface area contributed by atoms with E-state index in [1.54, 1.807) is 0 Å². The van der Waals surface area contributed by atoms with Crippen LogP contribution in [0.1, 0.15) is 45.2 Å². The van der Waals surface area contributed by atoms with Crippen LogP contribution in [-0.2, 0) is 0 Å². The Morgan fingerprint density at radius 1 is 0.913 bits per heavy atom. The molecule has 2 aromatic carbocycles. The first-order chi connectivity index (χ1) is 11.0. The molecule has 0 bridgehead atoms. The molecule has 2 rings (SSSR count). The summed E-state index contributed by atoms with van der Waals surface area (Å²) in [6, 6.07) is 20.7. The molecule has 0 saturated carbocycles. The van der Waals surface area contributed by atoms with Crippen molar-refractivity contribution in [3.63, 3.8) is 0 Å². The van der Waals surface area contributed by atoms with Crippen molar-refractivity contribution < 1.29 is 0 Å². The first-order valence-electron chi connectivity index (χ1n) is 8.41. The molecule has 2 aromatic rings. The third-order valence-electron chi connectivity index (χ3n) is 3.50. The quantitative estimate of drug-likeness (QED) is 0.529. The minimum Gasteiger partial charge on any atom is -0.0813 e. The summed E-state index contributed by atoms with van der Waals surface area (Å²) >= 11 is 0. The van der Waals surface area contributed by atoms with Gasteiger partial charge in [-0.15, -0.1) is 0 Å². The second kappa shape index (κ2) is 10.6. The first-order valence-corrected chi connectivity index (χ1v) is 8.41. The summed E-state index contributed by atoms with van der Waals surface area (Å²) in [5.41, 5.74) is 5.34. The van der Waals surface area contributed by atoms with Gasteiger partial charge in [-0.3, -0.25) is 0 Å². The smallest absolute Gasteiger partial charge is 0.0225 e. The zero-order chi connectivity index (χ0) is 17.1. The Balaban J connectivity index is 0.000000366. The molecule has 0 aromatic heterocycles. The molecular weight excluding hydrogens is 276 g/mol. The van der Waals surface area contributed by atoms with Gasteiger partial charge < -0.3 is 0 Å². The van der Waals surface area contributed by atoms with Gasteiger partial charge in [-0.1, -0.05) is 97.8 Å². The Bertz CT molecular complexity index is 589. The summed E-state index contributed by atoms with van der Waals surface area (Å²) in [7, 11) is 0. The lowest BCUT2D eigenvalue weighted by atomic mass is 10.0. The maximum Gasteiger partial charge on any atom is -0.0225 e. The Hall–Kier alpha value is -2.08. The highest BCUT2D eigenvalue weighted by molar-refractivity contribution is 5.66. The summed E-state index contributed by atoms with van der Waals surface area (Å²) in [6.07, 6.45) is 5.75. The van der Waals surface area contributed by atoms with Gasteiger partial charge in [-0.05, 0) is 44.2 Å². The fourth-order valence-corrected chi connectivity index (χ4v) is 2.18. The van der Waals surface area contributed by atoms with E-state index in [4.69, 9.17) is 0 Å². The SMILES string of the molecule is CC(=C/CC(C)C)/C=C(\C)c1cccc(C)c1.c1ccccc1. The van der Waals surface area contributed by atoms with E-state index in [2.05, 4.69) is 71.0 Å². The summed E-state index contributed by atoms with van der Waals surface area (Å²) in [5, 5.41) is 0. The van der Waals surface area contributed by atoms with Crippen molar-refractivity contribution in [3.8, 4) is 0 Å². The summed E-state index contributed by atoms with van der Waals surface area (Å²) in [5.74, 6) is 0.734. The van der Waals surface area contributed by atoms with E-state index in [9.17, 15) is 0 Å². The predicted octanol–water partition coefficient (Wildman–Crippen LogP) is 7.08. The predicted molar refractivity (Wildman–Crippen MR) is 104 cm³/mol. The molecule has 0 saturated heterocycles.